The molecule has 150 valence electrons. The summed E-state index contributed by atoms with van der Waals surface area (Å²) in [6.45, 7) is 3.60. The Balaban J connectivity index is 3.11. The van der Waals surface area contributed by atoms with Crippen LogP contribution in [0.25, 0.3) is 0 Å². The third kappa shape index (κ3) is 6.83. The van der Waals surface area contributed by atoms with Crippen molar-refractivity contribution in [1.82, 2.24) is 0 Å². The van der Waals surface area contributed by atoms with E-state index in [4.69, 9.17) is 18.7 Å². The Hall–Kier alpha value is -0.640. The van der Waals surface area contributed by atoms with E-state index in [1.807, 2.05) is 0 Å². The molecule has 0 amide bonds. The minimum atomic E-state index is -3.66. The van der Waals surface area contributed by atoms with Crippen molar-refractivity contribution in [3.8, 4) is 0 Å². The molecule has 0 saturated heterocycles. The van der Waals surface area contributed by atoms with Gasteiger partial charge in [-0.15, -0.1) is 18.7 Å². The second kappa shape index (κ2) is 10.6. The van der Waals surface area contributed by atoms with E-state index in [9.17, 15) is 9.13 Å². The van der Waals surface area contributed by atoms with E-state index in [1.165, 1.54) is 28.4 Å². The summed E-state index contributed by atoms with van der Waals surface area (Å²) in [5.74, 6) is 0. The summed E-state index contributed by atoms with van der Waals surface area (Å²) < 4.78 is 44.0. The van der Waals surface area contributed by atoms with Crippen molar-refractivity contribution in [2.45, 2.75) is 26.2 Å². The van der Waals surface area contributed by atoms with Gasteiger partial charge in [-0.05, 0) is 36.1 Å². The highest BCUT2D eigenvalue weighted by molar-refractivity contribution is 7.53. The van der Waals surface area contributed by atoms with Crippen molar-refractivity contribution in [3.05, 3.63) is 34.4 Å². The first kappa shape index (κ1) is 23.4. The SMILES string of the molecule is COOP(=O)(Cc1cc(C)c(CP(=O)(OOC)OOC)c(C)c1)OOC. The Morgan fingerprint density at radius 2 is 1.04 bits per heavy atom. The summed E-state index contributed by atoms with van der Waals surface area (Å²) in [6, 6.07) is 3.49. The quantitative estimate of drug-likeness (QED) is 0.283. The monoisotopic (exact) mass is 414 g/mol. The van der Waals surface area contributed by atoms with E-state index in [0.29, 0.717) is 11.1 Å². The molecule has 0 saturated carbocycles. The van der Waals surface area contributed by atoms with E-state index < -0.39 is 15.2 Å². The smallest absolute Gasteiger partial charge is 0.255 e. The highest BCUT2D eigenvalue weighted by Gasteiger charge is 2.31. The maximum Gasteiger partial charge on any atom is 0.388 e. The Bertz CT molecular complexity index is 635. The maximum atomic E-state index is 12.6. The minimum Gasteiger partial charge on any atom is -0.255 e. The first-order valence-corrected chi connectivity index (χ1v) is 10.8. The molecule has 0 aliphatic carbocycles. The zero-order chi connectivity index (χ0) is 19.8. The van der Waals surface area contributed by atoms with Gasteiger partial charge in [0.1, 0.15) is 0 Å². The molecule has 0 fully saturated rings. The largest absolute Gasteiger partial charge is 0.388 e. The van der Waals surface area contributed by atoms with Gasteiger partial charge in [-0.1, -0.05) is 12.1 Å². The van der Waals surface area contributed by atoms with E-state index in [-0.39, 0.29) is 12.3 Å². The number of hydrogen-bond donors (Lipinski definition) is 0. The van der Waals surface area contributed by atoms with Gasteiger partial charge in [0.15, 0.2) is 0 Å². The molecular formula is C14H24O10P2. The molecule has 26 heavy (non-hydrogen) atoms. The molecule has 0 aromatic heterocycles. The summed E-state index contributed by atoms with van der Waals surface area (Å²) in [7, 11) is -2.43. The lowest BCUT2D eigenvalue weighted by Crippen LogP contribution is -2.04. The van der Waals surface area contributed by atoms with Crippen LogP contribution in [0.1, 0.15) is 22.3 Å². The first-order chi connectivity index (χ1) is 12.2. The third-order valence-corrected chi connectivity index (χ3v) is 6.20. The van der Waals surface area contributed by atoms with Gasteiger partial charge in [-0.25, -0.2) is 19.6 Å². The van der Waals surface area contributed by atoms with Crippen LogP contribution in [0.4, 0.5) is 0 Å². The van der Waals surface area contributed by atoms with E-state index in [1.54, 1.807) is 26.0 Å². The molecule has 0 N–H and O–H groups in total. The molecule has 0 atom stereocenters. The minimum absolute atomic E-state index is 0.0760. The fraction of sp³-hybridized carbons (Fsp3) is 0.571. The third-order valence-electron chi connectivity index (χ3n) is 3.24. The molecule has 0 aliphatic rings. The molecular weight excluding hydrogens is 390 g/mol. The summed E-state index contributed by atoms with van der Waals surface area (Å²) in [4.78, 5) is 17.9. The summed E-state index contributed by atoms with van der Waals surface area (Å²) in [5, 5.41) is 0. The van der Waals surface area contributed by atoms with Crippen LogP contribution in [-0.2, 0) is 59.7 Å². The van der Waals surface area contributed by atoms with Crippen LogP contribution >= 0.6 is 15.2 Å². The average Bonchev–Trinajstić information content (AvgIpc) is 2.52. The molecule has 0 bridgehead atoms. The van der Waals surface area contributed by atoms with Crippen LogP contribution in [-0.4, -0.2) is 28.4 Å². The lowest BCUT2D eigenvalue weighted by molar-refractivity contribution is -0.242. The van der Waals surface area contributed by atoms with Gasteiger partial charge < -0.3 is 0 Å². The molecule has 0 heterocycles. The second-order valence-electron chi connectivity index (χ2n) is 5.21. The van der Waals surface area contributed by atoms with Crippen LogP contribution in [0.3, 0.4) is 0 Å². The van der Waals surface area contributed by atoms with Crippen LogP contribution < -0.4 is 0 Å². The summed E-state index contributed by atoms with van der Waals surface area (Å²) in [5.41, 5.74) is 2.89. The topological polar surface area (TPSA) is 108 Å². The van der Waals surface area contributed by atoms with Crippen LogP contribution in [0, 0.1) is 13.8 Å². The van der Waals surface area contributed by atoms with Crippen molar-refractivity contribution in [2.75, 3.05) is 28.4 Å². The Kier molecular flexibility index (Phi) is 9.57. The zero-order valence-electron chi connectivity index (χ0n) is 15.5. The van der Waals surface area contributed by atoms with Crippen molar-refractivity contribution < 1.29 is 47.4 Å². The number of benzene rings is 1. The van der Waals surface area contributed by atoms with Gasteiger partial charge in [0.05, 0.1) is 40.8 Å². The zero-order valence-corrected chi connectivity index (χ0v) is 17.3. The molecule has 1 aromatic rings. The van der Waals surface area contributed by atoms with Gasteiger partial charge >= 0.3 is 15.2 Å². The Morgan fingerprint density at radius 1 is 0.692 bits per heavy atom. The number of aryl methyl sites for hydroxylation is 2. The highest BCUT2D eigenvalue weighted by Crippen LogP contribution is 2.54. The number of hydrogen-bond acceptors (Lipinski definition) is 10. The van der Waals surface area contributed by atoms with Gasteiger partial charge in [0.25, 0.3) is 0 Å². The molecule has 0 spiro atoms. The lowest BCUT2D eigenvalue weighted by Gasteiger charge is -2.19. The standard InChI is InChI=1S/C14H24O10P2/c1-11-7-13(9-25(15,21-17-3)22-18-4)8-12(2)14(11)10-26(16,23-19-5)24-20-6/h7-8H,9-10H2,1-6H3. The van der Waals surface area contributed by atoms with E-state index >= 15 is 0 Å². The second-order valence-corrected chi connectivity index (χ2v) is 8.88. The fourth-order valence-electron chi connectivity index (χ4n) is 2.43. The van der Waals surface area contributed by atoms with Gasteiger partial charge in [-0.2, -0.15) is 0 Å². The van der Waals surface area contributed by atoms with Crippen LogP contribution in [0.15, 0.2) is 12.1 Å². The lowest BCUT2D eigenvalue weighted by atomic mass is 10.0. The normalized spacial score (nSPS) is 12.5. The molecule has 10 nitrogen and oxygen atoms in total. The van der Waals surface area contributed by atoms with Crippen LogP contribution in [0.5, 0.6) is 0 Å². The van der Waals surface area contributed by atoms with Crippen molar-refractivity contribution in [3.63, 3.8) is 0 Å². The van der Waals surface area contributed by atoms with Crippen LogP contribution in [0.2, 0.25) is 0 Å². The molecule has 0 aliphatic heterocycles. The van der Waals surface area contributed by atoms with Crippen molar-refractivity contribution >= 4 is 15.2 Å². The van der Waals surface area contributed by atoms with Gasteiger partial charge in [0, 0.05) is 0 Å². The molecule has 12 heteroatoms. The predicted octanol–water partition coefficient (Wildman–Crippen LogP) is 4.00. The average molecular weight is 414 g/mol. The van der Waals surface area contributed by atoms with Gasteiger partial charge in [0.2, 0.25) is 0 Å². The van der Waals surface area contributed by atoms with Crippen molar-refractivity contribution in [1.29, 1.82) is 0 Å². The van der Waals surface area contributed by atoms with Gasteiger partial charge in [-0.3, -0.25) is 9.13 Å². The van der Waals surface area contributed by atoms with E-state index in [0.717, 1.165) is 11.1 Å². The molecule has 0 radical (unpaired) electrons. The number of rotatable bonds is 12. The highest BCUT2D eigenvalue weighted by atomic mass is 31.2. The Labute approximate surface area is 152 Å². The summed E-state index contributed by atoms with van der Waals surface area (Å²) in [6.07, 6.45) is -0.162. The molecule has 1 aromatic carbocycles. The predicted molar refractivity (Wildman–Crippen MR) is 90.9 cm³/mol. The maximum absolute atomic E-state index is 12.6. The fourth-order valence-corrected chi connectivity index (χ4v) is 5.11. The molecule has 1 rings (SSSR count). The van der Waals surface area contributed by atoms with E-state index in [2.05, 4.69) is 19.6 Å². The van der Waals surface area contributed by atoms with Crippen molar-refractivity contribution in [2.24, 2.45) is 0 Å². The Morgan fingerprint density at radius 3 is 1.38 bits per heavy atom. The summed E-state index contributed by atoms with van der Waals surface area (Å²) >= 11 is 0. The molecule has 0 unspecified atom stereocenters. The first-order valence-electron chi connectivity index (χ1n) is 7.39.